The third-order valence-corrected chi connectivity index (χ3v) is 6.09. The van der Waals surface area contributed by atoms with Crippen LogP contribution in [0.3, 0.4) is 0 Å². The summed E-state index contributed by atoms with van der Waals surface area (Å²) in [5.74, 6) is -1.90. The molecule has 0 aliphatic heterocycles. The Bertz CT molecular complexity index is 1220. The number of fused-ring (bicyclic) bond motifs is 5. The van der Waals surface area contributed by atoms with Crippen LogP contribution in [0.1, 0.15) is 25.6 Å². The number of rotatable bonds is 0. The average molecular weight is 354 g/mol. The molecule has 0 spiro atoms. The fraction of sp³-hybridized carbons (Fsp3) is 0.190. The van der Waals surface area contributed by atoms with Gasteiger partial charge in [0.1, 0.15) is 0 Å². The van der Waals surface area contributed by atoms with E-state index in [4.69, 9.17) is 0 Å². The molecule has 3 aromatic carbocycles. The molecule has 0 radical (unpaired) electrons. The maximum atomic E-state index is 14.7. The number of benzene rings is 2. The minimum atomic E-state index is -0.960. The molecule has 4 heteroatoms. The molecule has 0 unspecified atom stereocenters. The highest BCUT2D eigenvalue weighted by Gasteiger charge is 2.21. The van der Waals surface area contributed by atoms with Crippen LogP contribution >= 0.6 is 11.3 Å². The summed E-state index contributed by atoms with van der Waals surface area (Å²) in [6.45, 7) is 6.24. The molecule has 0 bridgehead atoms. The molecule has 0 amide bonds. The van der Waals surface area contributed by atoms with Gasteiger partial charge in [-0.3, -0.25) is 4.79 Å². The number of hydrogen-bond donors (Lipinski definition) is 0. The van der Waals surface area contributed by atoms with Crippen molar-refractivity contribution in [2.45, 2.75) is 26.2 Å². The van der Waals surface area contributed by atoms with Crippen molar-refractivity contribution in [1.82, 2.24) is 0 Å². The lowest BCUT2D eigenvalue weighted by atomic mass is 9.94. The van der Waals surface area contributed by atoms with E-state index in [-0.39, 0.29) is 21.6 Å². The van der Waals surface area contributed by atoms with Crippen molar-refractivity contribution < 1.29 is 8.78 Å². The van der Waals surface area contributed by atoms with Gasteiger partial charge in [0, 0.05) is 36.5 Å². The second-order valence-corrected chi connectivity index (χ2v) is 8.31. The van der Waals surface area contributed by atoms with Gasteiger partial charge < -0.3 is 0 Å². The predicted octanol–water partition coefficient (Wildman–Crippen LogP) is 6.14. The van der Waals surface area contributed by atoms with Gasteiger partial charge in [-0.1, -0.05) is 45.0 Å². The van der Waals surface area contributed by atoms with E-state index in [0.717, 1.165) is 21.0 Å². The van der Waals surface area contributed by atoms with Crippen molar-refractivity contribution in [1.29, 1.82) is 0 Å². The second-order valence-electron chi connectivity index (χ2n) is 7.26. The molecule has 4 rings (SSSR count). The molecule has 0 atom stereocenters. The van der Waals surface area contributed by atoms with Crippen LogP contribution in [0.25, 0.3) is 31.6 Å². The zero-order valence-corrected chi connectivity index (χ0v) is 14.9. The van der Waals surface area contributed by atoms with Gasteiger partial charge in [0.25, 0.3) is 0 Å². The summed E-state index contributed by atoms with van der Waals surface area (Å²) in [4.78, 5) is 14.0. The Morgan fingerprint density at radius 3 is 2.24 bits per heavy atom. The molecule has 0 N–H and O–H groups in total. The van der Waals surface area contributed by atoms with E-state index in [1.807, 2.05) is 18.2 Å². The molecule has 126 valence electrons. The van der Waals surface area contributed by atoms with Gasteiger partial charge in [0.15, 0.2) is 17.1 Å². The normalized spacial score (nSPS) is 12.4. The fourth-order valence-electron chi connectivity index (χ4n) is 3.17. The van der Waals surface area contributed by atoms with Crippen LogP contribution in [0.4, 0.5) is 8.78 Å². The van der Waals surface area contributed by atoms with Gasteiger partial charge >= 0.3 is 0 Å². The van der Waals surface area contributed by atoms with Crippen LogP contribution in [-0.2, 0) is 5.41 Å². The number of hydrogen-bond acceptors (Lipinski definition) is 2. The fourth-order valence-corrected chi connectivity index (χ4v) is 4.44. The molecular weight excluding hydrogens is 338 g/mol. The van der Waals surface area contributed by atoms with Crippen molar-refractivity contribution in [2.75, 3.05) is 0 Å². The molecule has 0 fully saturated rings. The summed E-state index contributed by atoms with van der Waals surface area (Å²) in [5, 5.41) is 2.18. The van der Waals surface area contributed by atoms with Crippen LogP contribution in [0.5, 0.6) is 0 Å². The van der Waals surface area contributed by atoms with E-state index in [2.05, 4.69) is 20.8 Å². The monoisotopic (exact) mass is 354 g/mol. The lowest BCUT2D eigenvalue weighted by Crippen LogP contribution is -2.07. The van der Waals surface area contributed by atoms with E-state index in [1.165, 1.54) is 17.4 Å². The number of thiophene rings is 1. The second kappa shape index (κ2) is 5.33. The van der Waals surface area contributed by atoms with Crippen LogP contribution in [-0.4, -0.2) is 0 Å². The molecule has 0 saturated heterocycles. The zero-order chi connectivity index (χ0) is 17.9. The number of halogens is 2. The van der Waals surface area contributed by atoms with Crippen LogP contribution in [0, 0.1) is 11.6 Å². The lowest BCUT2D eigenvalue weighted by molar-refractivity contribution is 0.517. The van der Waals surface area contributed by atoms with Crippen molar-refractivity contribution in [3.05, 3.63) is 69.2 Å². The third kappa shape index (κ3) is 2.35. The minimum absolute atomic E-state index is 0.0722. The summed E-state index contributed by atoms with van der Waals surface area (Å²) >= 11 is 1.54. The molecule has 4 aromatic rings. The van der Waals surface area contributed by atoms with E-state index < -0.39 is 11.6 Å². The molecule has 0 saturated carbocycles. The average Bonchev–Trinajstić information content (AvgIpc) is 2.98. The Morgan fingerprint density at radius 2 is 1.56 bits per heavy atom. The maximum Gasteiger partial charge on any atom is 0.194 e. The molecule has 0 aliphatic rings. The predicted molar refractivity (Wildman–Crippen MR) is 102 cm³/mol. The first-order valence-corrected chi connectivity index (χ1v) is 8.87. The molecule has 1 heterocycles. The zero-order valence-electron chi connectivity index (χ0n) is 14.1. The smallest absolute Gasteiger partial charge is 0.194 e. The quantitative estimate of drug-likeness (QED) is 0.370. The Morgan fingerprint density at radius 1 is 0.880 bits per heavy atom. The SMILES string of the molecule is CC(C)(C)c1cc2c(s1)c1ccccc1c(=O)c1ccc(F)c(F)c12. The first-order chi connectivity index (χ1) is 11.8. The molecule has 1 aromatic heterocycles. The van der Waals surface area contributed by atoms with Crippen molar-refractivity contribution in [3.63, 3.8) is 0 Å². The summed E-state index contributed by atoms with van der Waals surface area (Å²) in [7, 11) is 0. The van der Waals surface area contributed by atoms with Gasteiger partial charge in [-0.05, 0) is 23.6 Å². The minimum Gasteiger partial charge on any atom is -0.289 e. The highest BCUT2D eigenvalue weighted by molar-refractivity contribution is 7.20. The summed E-state index contributed by atoms with van der Waals surface area (Å²) in [6, 6.07) is 11.6. The van der Waals surface area contributed by atoms with Crippen LogP contribution in [0.2, 0.25) is 0 Å². The highest BCUT2D eigenvalue weighted by atomic mass is 32.1. The Labute approximate surface area is 147 Å². The Hall–Kier alpha value is -2.33. The van der Waals surface area contributed by atoms with Gasteiger partial charge in [0.2, 0.25) is 0 Å². The van der Waals surface area contributed by atoms with Crippen molar-refractivity contribution in [2.24, 2.45) is 0 Å². The first-order valence-electron chi connectivity index (χ1n) is 8.06. The van der Waals surface area contributed by atoms with Gasteiger partial charge in [-0.15, -0.1) is 11.3 Å². The standard InChI is InChI=1S/C21H16F2OS/c1-21(2,3)16-10-14-17-13(8-9-15(22)18(17)23)19(24)11-6-4-5-7-12(11)20(14)25-16/h4-10H,1-3H3. The van der Waals surface area contributed by atoms with Crippen LogP contribution in [0.15, 0.2) is 47.3 Å². The largest absolute Gasteiger partial charge is 0.289 e. The van der Waals surface area contributed by atoms with E-state index in [1.54, 1.807) is 12.1 Å². The molecule has 1 nitrogen and oxygen atoms in total. The molecular formula is C21H16F2OS. The summed E-state index contributed by atoms with van der Waals surface area (Å²) < 4.78 is 29.5. The first kappa shape index (κ1) is 16.2. The topological polar surface area (TPSA) is 17.1 Å². The van der Waals surface area contributed by atoms with Gasteiger partial charge in [-0.25, -0.2) is 8.78 Å². The Balaban J connectivity index is 2.43. The highest BCUT2D eigenvalue weighted by Crippen LogP contribution is 2.40. The maximum absolute atomic E-state index is 14.7. The van der Waals surface area contributed by atoms with E-state index in [0.29, 0.717) is 10.8 Å². The molecule has 0 aliphatic carbocycles. The third-order valence-electron chi connectivity index (χ3n) is 4.50. The van der Waals surface area contributed by atoms with Gasteiger partial charge in [0.05, 0.1) is 0 Å². The van der Waals surface area contributed by atoms with Crippen molar-refractivity contribution in [3.8, 4) is 0 Å². The van der Waals surface area contributed by atoms with Crippen molar-refractivity contribution >= 4 is 43.0 Å². The molecule has 25 heavy (non-hydrogen) atoms. The van der Waals surface area contributed by atoms with Gasteiger partial charge in [-0.2, -0.15) is 0 Å². The van der Waals surface area contributed by atoms with E-state index in [9.17, 15) is 13.6 Å². The lowest BCUT2D eigenvalue weighted by Gasteiger charge is -2.15. The summed E-state index contributed by atoms with van der Waals surface area (Å²) in [6.07, 6.45) is 0. The van der Waals surface area contributed by atoms with Crippen LogP contribution < -0.4 is 5.43 Å². The van der Waals surface area contributed by atoms with E-state index >= 15 is 0 Å². The summed E-state index contributed by atoms with van der Waals surface area (Å²) in [5.41, 5.74) is -0.398. The Kier molecular flexibility index (Phi) is 3.45.